The van der Waals surface area contributed by atoms with E-state index in [-0.39, 0.29) is 11.6 Å². The topological polar surface area (TPSA) is 90.1 Å². The molecule has 0 aliphatic rings. The number of anilines is 1. The average Bonchev–Trinajstić information content (AvgIpc) is 3.25. The molecule has 0 spiro atoms. The molecule has 1 aromatic carbocycles. The summed E-state index contributed by atoms with van der Waals surface area (Å²) in [5, 5.41) is 15.8. The first kappa shape index (κ1) is 16.1. The largest absolute Gasteiger partial charge is 0.497 e. The Bertz CT molecular complexity index is 826. The second-order valence-electron chi connectivity index (χ2n) is 5.01. The van der Waals surface area contributed by atoms with E-state index in [4.69, 9.17) is 9.26 Å². The first-order valence-corrected chi connectivity index (χ1v) is 8.26. The summed E-state index contributed by atoms with van der Waals surface area (Å²) in [5.74, 6) is 0.875. The number of carbonyl (C=O) groups excluding carboxylic acids is 1. The average molecular weight is 344 g/mol. The van der Waals surface area contributed by atoms with Crippen molar-refractivity contribution in [3.8, 4) is 17.1 Å². The monoisotopic (exact) mass is 344 g/mol. The number of hydrogen-bond acceptors (Lipinski definition) is 7. The Morgan fingerprint density at radius 2 is 2.08 bits per heavy atom. The van der Waals surface area contributed by atoms with Crippen LogP contribution in [0.5, 0.6) is 5.75 Å². The zero-order valence-electron chi connectivity index (χ0n) is 13.3. The molecular formula is C16H16N4O3S. The molecule has 0 unspecified atom stereocenters. The lowest BCUT2D eigenvalue weighted by Gasteiger charge is -1.99. The fourth-order valence-electron chi connectivity index (χ4n) is 2.05. The van der Waals surface area contributed by atoms with Gasteiger partial charge < -0.3 is 9.26 Å². The number of hydrogen-bond donors (Lipinski definition) is 1. The minimum atomic E-state index is -0.377. The highest BCUT2D eigenvalue weighted by Crippen LogP contribution is 2.24. The highest BCUT2D eigenvalue weighted by atomic mass is 32.1. The van der Waals surface area contributed by atoms with Gasteiger partial charge in [0.15, 0.2) is 11.5 Å². The van der Waals surface area contributed by atoms with E-state index in [9.17, 15) is 4.79 Å². The second-order valence-corrected chi connectivity index (χ2v) is 6.07. The van der Waals surface area contributed by atoms with Gasteiger partial charge in [0.05, 0.1) is 7.11 Å². The Kier molecular flexibility index (Phi) is 4.85. The van der Waals surface area contributed by atoms with E-state index in [0.717, 1.165) is 29.2 Å². The van der Waals surface area contributed by atoms with Gasteiger partial charge in [-0.2, -0.15) is 0 Å². The van der Waals surface area contributed by atoms with Gasteiger partial charge in [-0.15, -0.1) is 10.2 Å². The lowest BCUT2D eigenvalue weighted by atomic mass is 10.1. The molecule has 0 saturated carbocycles. The number of rotatable bonds is 6. The molecule has 3 rings (SSSR count). The van der Waals surface area contributed by atoms with Crippen LogP contribution in [0.25, 0.3) is 11.3 Å². The van der Waals surface area contributed by atoms with E-state index < -0.39 is 0 Å². The molecule has 0 fully saturated rings. The van der Waals surface area contributed by atoms with Crippen LogP contribution in [0.2, 0.25) is 0 Å². The van der Waals surface area contributed by atoms with Crippen molar-refractivity contribution in [2.24, 2.45) is 0 Å². The molecule has 0 aliphatic heterocycles. The van der Waals surface area contributed by atoms with Crippen LogP contribution in [0.3, 0.4) is 0 Å². The molecule has 0 aliphatic carbocycles. The van der Waals surface area contributed by atoms with Crippen molar-refractivity contribution in [3.05, 3.63) is 41.0 Å². The van der Waals surface area contributed by atoms with Crippen LogP contribution in [0.1, 0.15) is 28.8 Å². The van der Waals surface area contributed by atoms with Crippen molar-refractivity contribution in [2.45, 2.75) is 19.8 Å². The summed E-state index contributed by atoms with van der Waals surface area (Å²) in [6.07, 6.45) is 1.83. The molecule has 0 bridgehead atoms. The molecule has 1 N–H and O–H groups in total. The SMILES string of the molecule is CCCc1nnc(NC(=O)c2cc(-c3ccc(OC)cc3)on2)s1. The third-order valence-electron chi connectivity index (χ3n) is 3.27. The molecule has 24 heavy (non-hydrogen) atoms. The van der Waals surface area contributed by atoms with Crippen molar-refractivity contribution >= 4 is 22.4 Å². The molecule has 0 radical (unpaired) electrons. The van der Waals surface area contributed by atoms with Gasteiger partial charge in [-0.25, -0.2) is 0 Å². The minimum Gasteiger partial charge on any atom is -0.497 e. The van der Waals surface area contributed by atoms with Crippen LogP contribution >= 0.6 is 11.3 Å². The number of aromatic nitrogens is 3. The van der Waals surface area contributed by atoms with E-state index in [1.807, 2.05) is 24.3 Å². The van der Waals surface area contributed by atoms with Crippen LogP contribution in [0, 0.1) is 0 Å². The van der Waals surface area contributed by atoms with Crippen molar-refractivity contribution < 1.29 is 14.1 Å². The molecule has 124 valence electrons. The van der Waals surface area contributed by atoms with Gasteiger partial charge in [0.25, 0.3) is 5.91 Å². The zero-order valence-corrected chi connectivity index (χ0v) is 14.1. The van der Waals surface area contributed by atoms with E-state index in [1.165, 1.54) is 11.3 Å². The number of benzene rings is 1. The lowest BCUT2D eigenvalue weighted by Crippen LogP contribution is -2.11. The molecule has 3 aromatic rings. The Labute approximate surface area is 142 Å². The first-order chi connectivity index (χ1) is 11.7. The van der Waals surface area contributed by atoms with Crippen molar-refractivity contribution in [1.82, 2.24) is 15.4 Å². The van der Waals surface area contributed by atoms with E-state index in [1.54, 1.807) is 13.2 Å². The second kappa shape index (κ2) is 7.22. The fraction of sp³-hybridized carbons (Fsp3) is 0.250. The summed E-state index contributed by atoms with van der Waals surface area (Å²) in [6, 6.07) is 8.89. The van der Waals surface area contributed by atoms with Crippen molar-refractivity contribution in [1.29, 1.82) is 0 Å². The number of aryl methyl sites for hydroxylation is 1. The predicted molar refractivity (Wildman–Crippen MR) is 90.3 cm³/mol. The standard InChI is InChI=1S/C16H16N4O3S/c1-3-4-14-18-19-16(24-14)17-15(21)12-9-13(23-20-12)10-5-7-11(22-2)8-6-10/h5-9H,3-4H2,1-2H3,(H,17,19,21). The highest BCUT2D eigenvalue weighted by molar-refractivity contribution is 7.15. The van der Waals surface area contributed by atoms with Gasteiger partial charge in [0.2, 0.25) is 5.13 Å². The molecule has 0 saturated heterocycles. The van der Waals surface area contributed by atoms with Crippen LogP contribution in [-0.2, 0) is 6.42 Å². The number of ether oxygens (including phenoxy) is 1. The minimum absolute atomic E-state index is 0.188. The number of nitrogens with one attached hydrogen (secondary N) is 1. The van der Waals surface area contributed by atoms with Crippen LogP contribution < -0.4 is 10.1 Å². The van der Waals surface area contributed by atoms with Crippen molar-refractivity contribution in [3.63, 3.8) is 0 Å². The third kappa shape index (κ3) is 3.60. The lowest BCUT2D eigenvalue weighted by molar-refractivity contribution is 0.101. The third-order valence-corrected chi connectivity index (χ3v) is 4.17. The maximum absolute atomic E-state index is 12.2. The maximum atomic E-state index is 12.2. The maximum Gasteiger partial charge on any atom is 0.279 e. The Morgan fingerprint density at radius 1 is 1.29 bits per heavy atom. The first-order valence-electron chi connectivity index (χ1n) is 7.44. The molecule has 8 heteroatoms. The predicted octanol–water partition coefficient (Wildman–Crippen LogP) is 3.41. The summed E-state index contributed by atoms with van der Waals surface area (Å²) < 4.78 is 10.4. The van der Waals surface area contributed by atoms with Crippen molar-refractivity contribution in [2.75, 3.05) is 12.4 Å². The number of carbonyl (C=O) groups is 1. The smallest absolute Gasteiger partial charge is 0.279 e. The normalized spacial score (nSPS) is 10.6. The molecule has 7 nitrogen and oxygen atoms in total. The molecule has 1 amide bonds. The van der Waals surface area contributed by atoms with Gasteiger partial charge in [0.1, 0.15) is 10.8 Å². The Morgan fingerprint density at radius 3 is 2.79 bits per heavy atom. The van der Waals surface area contributed by atoms with Crippen LogP contribution in [0.15, 0.2) is 34.9 Å². The quantitative estimate of drug-likeness (QED) is 0.737. The number of nitrogens with zero attached hydrogens (tertiary/aromatic N) is 3. The van der Waals surface area contributed by atoms with Gasteiger partial charge in [-0.1, -0.05) is 23.4 Å². The summed E-state index contributed by atoms with van der Waals surface area (Å²) in [5.41, 5.74) is 0.997. The zero-order chi connectivity index (χ0) is 16.9. The van der Waals surface area contributed by atoms with Gasteiger partial charge in [-0.3, -0.25) is 10.1 Å². The van der Waals surface area contributed by atoms with E-state index >= 15 is 0 Å². The van der Waals surface area contributed by atoms with Gasteiger partial charge in [0, 0.05) is 18.1 Å². The van der Waals surface area contributed by atoms with E-state index in [2.05, 4.69) is 27.6 Å². The summed E-state index contributed by atoms with van der Waals surface area (Å²) >= 11 is 1.36. The van der Waals surface area contributed by atoms with Gasteiger partial charge in [-0.05, 0) is 30.7 Å². The number of amides is 1. The molecule has 0 atom stereocenters. The Hall–Kier alpha value is -2.74. The molecular weight excluding hydrogens is 328 g/mol. The Balaban J connectivity index is 1.70. The van der Waals surface area contributed by atoms with Crippen LogP contribution in [0.4, 0.5) is 5.13 Å². The molecule has 2 heterocycles. The summed E-state index contributed by atoms with van der Waals surface area (Å²) in [4.78, 5) is 12.2. The summed E-state index contributed by atoms with van der Waals surface area (Å²) in [7, 11) is 1.60. The van der Waals surface area contributed by atoms with Crippen LogP contribution in [-0.4, -0.2) is 28.4 Å². The summed E-state index contributed by atoms with van der Waals surface area (Å²) in [6.45, 7) is 2.07. The highest BCUT2D eigenvalue weighted by Gasteiger charge is 2.16. The van der Waals surface area contributed by atoms with E-state index in [0.29, 0.717) is 10.9 Å². The molecule has 2 aromatic heterocycles. The fourth-order valence-corrected chi connectivity index (χ4v) is 2.89. The number of methoxy groups -OCH3 is 1. The van der Waals surface area contributed by atoms with Gasteiger partial charge >= 0.3 is 0 Å².